The van der Waals surface area contributed by atoms with Crippen molar-refractivity contribution >= 4 is 0 Å². The molecule has 0 aliphatic heterocycles. The molecule has 0 aromatic heterocycles. The molecule has 0 spiro atoms. The van der Waals surface area contributed by atoms with E-state index in [2.05, 4.69) is 5.32 Å². The highest BCUT2D eigenvalue weighted by molar-refractivity contribution is 4.54. The van der Waals surface area contributed by atoms with Crippen LogP contribution in [-0.2, 0) is 0 Å². The van der Waals surface area contributed by atoms with E-state index in [1.807, 2.05) is 0 Å². The maximum Gasteiger partial charge on any atom is 0.0649 e. The smallest absolute Gasteiger partial charge is 0.0649 e. The van der Waals surface area contributed by atoms with Gasteiger partial charge in [0.15, 0.2) is 0 Å². The average Bonchev–Trinajstić information content (AvgIpc) is 1.66. The van der Waals surface area contributed by atoms with E-state index in [-0.39, 0.29) is 6.17 Å². The Morgan fingerprint density at radius 1 is 1.38 bits per heavy atom. The van der Waals surface area contributed by atoms with Crippen LogP contribution in [0, 0.1) is 0 Å². The van der Waals surface area contributed by atoms with Gasteiger partial charge in [-0.3, -0.25) is 0 Å². The third-order valence-electron chi connectivity index (χ3n) is 0.701. The van der Waals surface area contributed by atoms with Gasteiger partial charge in [0, 0.05) is 19.6 Å². The monoisotopic (exact) mass is 118 g/mol. The molecule has 0 unspecified atom stereocenters. The fourth-order valence-electron chi connectivity index (χ4n) is 0.371. The fraction of sp³-hybridized carbons (Fsp3) is 1.00. The summed E-state index contributed by atoms with van der Waals surface area (Å²) in [6.45, 7) is 2.05. The van der Waals surface area contributed by atoms with Gasteiger partial charge < -0.3 is 22.5 Å². The Morgan fingerprint density at radius 2 is 2.00 bits per heavy atom. The van der Waals surface area contributed by atoms with Gasteiger partial charge in [-0.2, -0.15) is 0 Å². The van der Waals surface area contributed by atoms with Gasteiger partial charge in [0.05, 0.1) is 6.17 Å². The lowest BCUT2D eigenvalue weighted by Crippen LogP contribution is -2.42. The number of rotatable bonds is 4. The fourth-order valence-corrected chi connectivity index (χ4v) is 0.371. The first-order valence-corrected chi connectivity index (χ1v) is 2.69. The zero-order chi connectivity index (χ0) is 6.41. The van der Waals surface area contributed by atoms with Crippen LogP contribution < -0.4 is 22.5 Å². The Bertz CT molecular complexity index is 45.3. The van der Waals surface area contributed by atoms with Crippen molar-refractivity contribution in [2.24, 2.45) is 17.2 Å². The molecule has 0 aromatic carbocycles. The van der Waals surface area contributed by atoms with Crippen LogP contribution in [0.4, 0.5) is 0 Å². The highest BCUT2D eigenvalue weighted by atomic mass is 15.0. The molecule has 7 N–H and O–H groups in total. The maximum absolute atomic E-state index is 5.21. The van der Waals surface area contributed by atoms with Crippen molar-refractivity contribution in [3.63, 3.8) is 0 Å². The zero-order valence-corrected chi connectivity index (χ0v) is 4.93. The minimum Gasteiger partial charge on any atom is -0.329 e. The molecule has 0 fully saturated rings. The lowest BCUT2D eigenvalue weighted by molar-refractivity contribution is 0.596. The van der Waals surface area contributed by atoms with Crippen LogP contribution in [0.15, 0.2) is 0 Å². The van der Waals surface area contributed by atoms with Gasteiger partial charge in [0.2, 0.25) is 0 Å². The van der Waals surface area contributed by atoms with Gasteiger partial charge >= 0.3 is 0 Å². The molecule has 0 rings (SSSR count). The molecule has 0 atom stereocenters. The average molecular weight is 118 g/mol. The second kappa shape index (κ2) is 4.99. The summed E-state index contributed by atoms with van der Waals surface area (Å²) in [6, 6.07) is 0. The Morgan fingerprint density at radius 3 is 2.38 bits per heavy atom. The molecular weight excluding hydrogens is 104 g/mol. The molecular formula is C4H14N4. The Hall–Kier alpha value is -0.160. The largest absolute Gasteiger partial charge is 0.329 e. The van der Waals surface area contributed by atoms with Crippen molar-refractivity contribution in [1.29, 1.82) is 0 Å². The van der Waals surface area contributed by atoms with E-state index in [1.165, 1.54) is 0 Å². The minimum atomic E-state index is -0.262. The summed E-state index contributed by atoms with van der Waals surface area (Å²) < 4.78 is 0. The Kier molecular flexibility index (Phi) is 4.89. The van der Waals surface area contributed by atoms with Gasteiger partial charge in [0.1, 0.15) is 0 Å². The van der Waals surface area contributed by atoms with Crippen molar-refractivity contribution < 1.29 is 0 Å². The van der Waals surface area contributed by atoms with Crippen LogP contribution in [0.5, 0.6) is 0 Å². The Balaban J connectivity index is 2.72. The van der Waals surface area contributed by atoms with E-state index in [0.29, 0.717) is 13.1 Å². The van der Waals surface area contributed by atoms with Gasteiger partial charge in [-0.25, -0.2) is 0 Å². The molecule has 0 bridgehead atoms. The summed E-state index contributed by atoms with van der Waals surface area (Å²) in [5.41, 5.74) is 15.6. The number of hydrogen-bond donors (Lipinski definition) is 4. The molecule has 0 heterocycles. The van der Waals surface area contributed by atoms with Gasteiger partial charge in [-0.1, -0.05) is 0 Å². The van der Waals surface area contributed by atoms with E-state index in [1.54, 1.807) is 0 Å². The van der Waals surface area contributed by atoms with Crippen molar-refractivity contribution in [1.82, 2.24) is 5.32 Å². The third kappa shape index (κ3) is 5.84. The highest BCUT2D eigenvalue weighted by Gasteiger charge is 1.88. The SMILES string of the molecule is NCCNCC(N)N. The molecule has 8 heavy (non-hydrogen) atoms. The van der Waals surface area contributed by atoms with Crippen molar-refractivity contribution in [3.8, 4) is 0 Å². The highest BCUT2D eigenvalue weighted by Crippen LogP contribution is 1.57. The maximum atomic E-state index is 5.21. The van der Waals surface area contributed by atoms with Crippen molar-refractivity contribution in [2.75, 3.05) is 19.6 Å². The van der Waals surface area contributed by atoms with E-state index >= 15 is 0 Å². The summed E-state index contributed by atoms with van der Waals surface area (Å²) in [7, 11) is 0. The van der Waals surface area contributed by atoms with E-state index in [9.17, 15) is 0 Å². The molecule has 0 aliphatic carbocycles. The van der Waals surface area contributed by atoms with E-state index < -0.39 is 0 Å². The molecule has 0 amide bonds. The number of nitrogens with two attached hydrogens (primary N) is 3. The topological polar surface area (TPSA) is 90.1 Å². The normalized spacial score (nSPS) is 10.5. The Labute approximate surface area is 49.4 Å². The first kappa shape index (κ1) is 7.84. The van der Waals surface area contributed by atoms with Crippen LogP contribution >= 0.6 is 0 Å². The second-order valence-corrected chi connectivity index (χ2v) is 1.66. The quantitative estimate of drug-likeness (QED) is 0.248. The molecule has 50 valence electrons. The molecule has 0 aliphatic rings. The summed E-state index contributed by atoms with van der Waals surface area (Å²) in [5, 5.41) is 2.96. The van der Waals surface area contributed by atoms with Gasteiger partial charge in [0.25, 0.3) is 0 Å². The molecule has 4 heteroatoms. The van der Waals surface area contributed by atoms with Crippen molar-refractivity contribution in [3.05, 3.63) is 0 Å². The molecule has 0 saturated heterocycles. The summed E-state index contributed by atoms with van der Waals surface area (Å²) in [4.78, 5) is 0. The van der Waals surface area contributed by atoms with E-state index in [0.717, 1.165) is 6.54 Å². The van der Waals surface area contributed by atoms with E-state index in [4.69, 9.17) is 17.2 Å². The van der Waals surface area contributed by atoms with Crippen molar-refractivity contribution in [2.45, 2.75) is 6.17 Å². The van der Waals surface area contributed by atoms with Crippen LogP contribution in [0.25, 0.3) is 0 Å². The lowest BCUT2D eigenvalue weighted by Gasteiger charge is -2.04. The lowest BCUT2D eigenvalue weighted by atomic mass is 10.5. The predicted octanol–water partition coefficient (Wildman–Crippen LogP) is -2.22. The second-order valence-electron chi connectivity index (χ2n) is 1.66. The summed E-state index contributed by atoms with van der Waals surface area (Å²) in [6.07, 6.45) is -0.262. The van der Waals surface area contributed by atoms with Crippen LogP contribution in [0.3, 0.4) is 0 Å². The van der Waals surface area contributed by atoms with Gasteiger partial charge in [-0.05, 0) is 0 Å². The van der Waals surface area contributed by atoms with Crippen LogP contribution in [-0.4, -0.2) is 25.8 Å². The predicted molar refractivity (Wildman–Crippen MR) is 34.1 cm³/mol. The number of nitrogens with one attached hydrogen (secondary N) is 1. The first-order valence-electron chi connectivity index (χ1n) is 2.69. The molecule has 0 aromatic rings. The number of hydrogen-bond acceptors (Lipinski definition) is 4. The summed E-state index contributed by atoms with van der Waals surface area (Å²) >= 11 is 0. The first-order chi connectivity index (χ1) is 3.77. The van der Waals surface area contributed by atoms with Crippen LogP contribution in [0.2, 0.25) is 0 Å². The minimum absolute atomic E-state index is 0.262. The third-order valence-corrected chi connectivity index (χ3v) is 0.701. The molecule has 0 saturated carbocycles. The van der Waals surface area contributed by atoms with Crippen LogP contribution in [0.1, 0.15) is 0 Å². The zero-order valence-electron chi connectivity index (χ0n) is 4.93. The summed E-state index contributed by atoms with van der Waals surface area (Å²) in [5.74, 6) is 0. The standard InChI is InChI=1S/C4H14N4/c5-1-2-8-3-4(6)7/h4,8H,1-3,5-7H2. The van der Waals surface area contributed by atoms with Gasteiger partial charge in [-0.15, -0.1) is 0 Å². The molecule has 0 radical (unpaired) electrons. The molecule has 4 nitrogen and oxygen atoms in total.